The lowest BCUT2D eigenvalue weighted by Gasteiger charge is -2.30. The molecular weight excluding hydrogens is 511 g/mol. The van der Waals surface area contributed by atoms with Crippen LogP contribution in [0.5, 0.6) is 0 Å². The molecule has 4 rings (SSSR count). The van der Waals surface area contributed by atoms with Crippen LogP contribution in [0, 0.1) is 17.5 Å². The van der Waals surface area contributed by atoms with Crippen molar-refractivity contribution in [1.29, 1.82) is 0 Å². The molecule has 0 spiro atoms. The first-order chi connectivity index (χ1) is 18.7. The molecule has 202 valence electrons. The Morgan fingerprint density at radius 2 is 1.67 bits per heavy atom. The first-order valence-corrected chi connectivity index (χ1v) is 12.0. The van der Waals surface area contributed by atoms with Gasteiger partial charge in [-0.05, 0) is 37.1 Å². The summed E-state index contributed by atoms with van der Waals surface area (Å²) in [6.07, 6.45) is 7.51. The van der Waals surface area contributed by atoms with Crippen LogP contribution in [-0.4, -0.2) is 35.6 Å². The van der Waals surface area contributed by atoms with Gasteiger partial charge in [-0.2, -0.15) is 0 Å². The maximum Gasteiger partial charge on any atom is 0.337 e. The summed E-state index contributed by atoms with van der Waals surface area (Å²) in [4.78, 5) is 33.1. The molecule has 0 saturated carbocycles. The number of benzene rings is 2. The topological polar surface area (TPSA) is 93.3 Å². The maximum atomic E-state index is 14.9. The monoisotopic (exact) mass is 537 g/mol. The number of carbonyl (C=O) groups excluding carboxylic acids is 2. The van der Waals surface area contributed by atoms with E-state index in [-0.39, 0.29) is 29.1 Å². The molecule has 2 aromatic carbocycles. The maximum absolute atomic E-state index is 14.9. The van der Waals surface area contributed by atoms with Gasteiger partial charge in [0.15, 0.2) is 17.5 Å². The molecule has 1 unspecified atom stereocenters. The summed E-state index contributed by atoms with van der Waals surface area (Å²) < 4.78 is 53.0. The Labute approximate surface area is 223 Å². The van der Waals surface area contributed by atoms with E-state index >= 15 is 0 Å². The number of nitrogens with one attached hydrogen (secondary N) is 2. The van der Waals surface area contributed by atoms with Crippen molar-refractivity contribution in [1.82, 2.24) is 15.3 Å². The molecule has 0 radical (unpaired) electrons. The average Bonchev–Trinajstić information content (AvgIpc) is 3.43. The molecule has 7 nitrogen and oxygen atoms in total. The largest absolute Gasteiger partial charge is 0.466 e. The second-order valence-corrected chi connectivity index (χ2v) is 8.85. The smallest absolute Gasteiger partial charge is 0.337 e. The van der Waals surface area contributed by atoms with Crippen LogP contribution in [0.25, 0.3) is 6.08 Å². The molecule has 0 fully saturated rings. The molecule has 0 saturated heterocycles. The predicted molar refractivity (Wildman–Crippen MR) is 137 cm³/mol. The molecular formula is C29H26F3N3O4. The number of dihydropyridines is 1. The number of H-pyrrole nitrogens is 1. The van der Waals surface area contributed by atoms with Gasteiger partial charge in [-0.15, -0.1) is 0 Å². The van der Waals surface area contributed by atoms with Crippen LogP contribution >= 0.6 is 0 Å². The third kappa shape index (κ3) is 5.95. The Morgan fingerprint density at radius 3 is 2.31 bits per heavy atom. The predicted octanol–water partition coefficient (Wildman–Crippen LogP) is 5.08. The number of methoxy groups -OCH3 is 1. The number of nitrogens with zero attached hydrogens (tertiary/aromatic N) is 1. The number of aromatic nitrogens is 2. The van der Waals surface area contributed by atoms with Gasteiger partial charge < -0.3 is 19.8 Å². The summed E-state index contributed by atoms with van der Waals surface area (Å²) in [5.74, 6) is -6.86. The number of rotatable bonds is 8. The summed E-state index contributed by atoms with van der Waals surface area (Å²) in [7, 11) is 1.12. The minimum Gasteiger partial charge on any atom is -0.466 e. The Kier molecular flexibility index (Phi) is 8.33. The van der Waals surface area contributed by atoms with Gasteiger partial charge in [0.1, 0.15) is 12.4 Å². The van der Waals surface area contributed by atoms with Crippen molar-refractivity contribution in [2.75, 3.05) is 13.7 Å². The van der Waals surface area contributed by atoms with Crippen molar-refractivity contribution >= 4 is 18.0 Å². The van der Waals surface area contributed by atoms with E-state index < -0.39 is 40.9 Å². The lowest BCUT2D eigenvalue weighted by molar-refractivity contribution is -0.138. The second-order valence-electron chi connectivity index (χ2n) is 8.85. The van der Waals surface area contributed by atoms with Crippen LogP contribution in [0.1, 0.15) is 42.3 Å². The quantitative estimate of drug-likeness (QED) is 0.308. The normalized spacial score (nSPS) is 15.5. The Balaban J connectivity index is 1.53. The number of halogens is 3. The fraction of sp³-hybridized carbons (Fsp3) is 0.207. The number of carbonyl (C=O) groups is 2. The van der Waals surface area contributed by atoms with Gasteiger partial charge in [0.25, 0.3) is 0 Å². The number of esters is 2. The van der Waals surface area contributed by atoms with Crippen LogP contribution in [0.3, 0.4) is 0 Å². The first-order valence-electron chi connectivity index (χ1n) is 12.0. The lowest BCUT2D eigenvalue weighted by Crippen LogP contribution is -2.33. The summed E-state index contributed by atoms with van der Waals surface area (Å²) in [5.41, 5.74) is 1.85. The second kappa shape index (κ2) is 11.8. The van der Waals surface area contributed by atoms with Gasteiger partial charge in [0, 0.05) is 35.8 Å². The molecule has 1 atom stereocenters. The number of hydrogen-bond donors (Lipinski definition) is 2. The summed E-state index contributed by atoms with van der Waals surface area (Å²) in [6, 6.07) is 9.47. The SMILES string of the molecule is COC(=O)C1=C(C)NC(C)=C(C(=O)OCC=Cc2ccc(Cc3ncc[nH]3)cc2)C1c1ccc(F)c(F)c1F. The zero-order valence-corrected chi connectivity index (χ0v) is 21.5. The Morgan fingerprint density at radius 1 is 0.974 bits per heavy atom. The molecule has 0 aliphatic carbocycles. The van der Waals surface area contributed by atoms with Crippen LogP contribution < -0.4 is 5.32 Å². The van der Waals surface area contributed by atoms with Crippen LogP contribution in [0.15, 0.2) is 77.4 Å². The minimum atomic E-state index is -1.71. The molecule has 39 heavy (non-hydrogen) atoms. The van der Waals surface area contributed by atoms with E-state index in [0.717, 1.165) is 36.2 Å². The molecule has 3 aromatic rings. The van der Waals surface area contributed by atoms with Crippen molar-refractivity contribution in [2.45, 2.75) is 26.2 Å². The summed E-state index contributed by atoms with van der Waals surface area (Å²) in [5, 5.41) is 2.90. The highest BCUT2D eigenvalue weighted by atomic mass is 19.2. The van der Waals surface area contributed by atoms with Crippen LogP contribution in [0.2, 0.25) is 0 Å². The molecule has 0 amide bonds. The third-order valence-corrected chi connectivity index (χ3v) is 6.29. The van der Waals surface area contributed by atoms with E-state index in [0.29, 0.717) is 6.42 Å². The number of hydrogen-bond acceptors (Lipinski definition) is 6. The average molecular weight is 538 g/mol. The van der Waals surface area contributed by atoms with Gasteiger partial charge in [-0.1, -0.05) is 36.4 Å². The van der Waals surface area contributed by atoms with Crippen LogP contribution in [0.4, 0.5) is 13.2 Å². The molecule has 2 N–H and O–H groups in total. The highest BCUT2D eigenvalue weighted by Crippen LogP contribution is 2.40. The standard InChI is InChI=1S/C29H26F3N3O4/c1-16-23(28(36)38-3)25(20-10-11-21(30)27(32)26(20)31)24(17(2)35-16)29(37)39-14-4-5-18-6-8-19(9-7-18)15-22-33-12-13-34-22/h4-13,25,35H,14-15H2,1-3H3,(H,33,34). The minimum absolute atomic E-state index is 0.120. The molecule has 1 aromatic heterocycles. The highest BCUT2D eigenvalue weighted by molar-refractivity contribution is 5.99. The zero-order valence-electron chi connectivity index (χ0n) is 21.5. The van der Waals surface area contributed by atoms with E-state index in [2.05, 4.69) is 15.3 Å². The fourth-order valence-electron chi connectivity index (χ4n) is 4.44. The molecule has 1 aliphatic heterocycles. The van der Waals surface area contributed by atoms with Crippen LogP contribution in [-0.2, 0) is 25.5 Å². The number of aromatic amines is 1. The summed E-state index contributed by atoms with van der Waals surface area (Å²) >= 11 is 0. The lowest BCUT2D eigenvalue weighted by atomic mass is 9.80. The fourth-order valence-corrected chi connectivity index (χ4v) is 4.44. The third-order valence-electron chi connectivity index (χ3n) is 6.29. The molecule has 10 heteroatoms. The van der Waals surface area contributed by atoms with E-state index in [4.69, 9.17) is 9.47 Å². The van der Waals surface area contributed by atoms with Gasteiger partial charge in [-0.25, -0.2) is 27.7 Å². The van der Waals surface area contributed by atoms with E-state index in [1.807, 2.05) is 24.3 Å². The number of ether oxygens (including phenoxy) is 2. The van der Waals surface area contributed by atoms with Crippen molar-refractivity contribution < 1.29 is 32.2 Å². The van der Waals surface area contributed by atoms with Crippen molar-refractivity contribution in [3.8, 4) is 0 Å². The van der Waals surface area contributed by atoms with E-state index in [1.54, 1.807) is 31.5 Å². The van der Waals surface area contributed by atoms with E-state index in [9.17, 15) is 22.8 Å². The molecule has 0 bridgehead atoms. The number of imidazole rings is 1. The molecule has 1 aliphatic rings. The first kappa shape index (κ1) is 27.4. The van der Waals surface area contributed by atoms with Gasteiger partial charge in [0.05, 0.1) is 24.2 Å². The zero-order chi connectivity index (χ0) is 28.1. The van der Waals surface area contributed by atoms with Gasteiger partial charge in [-0.3, -0.25) is 0 Å². The van der Waals surface area contributed by atoms with Crippen molar-refractivity contribution in [3.05, 3.63) is 117 Å². The van der Waals surface area contributed by atoms with E-state index in [1.165, 1.54) is 6.92 Å². The van der Waals surface area contributed by atoms with Crippen molar-refractivity contribution in [3.63, 3.8) is 0 Å². The van der Waals surface area contributed by atoms with Crippen molar-refractivity contribution in [2.24, 2.45) is 0 Å². The van der Waals surface area contributed by atoms with Gasteiger partial charge >= 0.3 is 11.9 Å². The molecule has 2 heterocycles. The highest BCUT2D eigenvalue weighted by Gasteiger charge is 2.40. The Bertz CT molecular complexity index is 1480. The number of allylic oxidation sites excluding steroid dienone is 2. The summed E-state index contributed by atoms with van der Waals surface area (Å²) in [6.45, 7) is 2.94. The Hall–Kier alpha value is -4.60. The van der Waals surface area contributed by atoms with Gasteiger partial charge in [0.2, 0.25) is 0 Å².